The lowest BCUT2D eigenvalue weighted by Crippen LogP contribution is -2.62. The first-order valence-corrected chi connectivity index (χ1v) is 30.6. The van der Waals surface area contributed by atoms with E-state index in [1.807, 2.05) is 0 Å². The zero-order valence-electron chi connectivity index (χ0n) is 47.5. The first-order chi connectivity index (χ1) is 40.5. The van der Waals surface area contributed by atoms with E-state index in [1.54, 1.807) is 44.4 Å². The van der Waals surface area contributed by atoms with Crippen LogP contribution in [0.25, 0.3) is 10.9 Å². The third-order valence-corrected chi connectivity index (χ3v) is 15.5. The molecule has 86 heavy (non-hydrogen) atoms. The molecule has 1 aromatic heterocycles. The molecule has 10 atom stereocenters. The van der Waals surface area contributed by atoms with Crippen LogP contribution in [0.5, 0.6) is 5.75 Å². The number of aromatic hydroxyl groups is 1. The molecule has 2 aromatic carbocycles. The molecule has 0 bridgehead atoms. The molecule has 472 valence electrons. The lowest BCUT2D eigenvalue weighted by Gasteiger charge is -2.28. The normalized spacial score (nSPS) is 14.6. The summed E-state index contributed by atoms with van der Waals surface area (Å²) in [6.45, 7) is 4.54. The summed E-state index contributed by atoms with van der Waals surface area (Å²) in [6, 6.07) is -2.39. The number of aliphatic hydroxyl groups excluding tert-OH is 1. The number of H-pyrrole nitrogens is 1. The van der Waals surface area contributed by atoms with Gasteiger partial charge < -0.3 is 90.9 Å². The Hall–Kier alpha value is -8.14. The number of rotatable bonds is 39. The van der Waals surface area contributed by atoms with E-state index >= 15 is 0 Å². The number of carbonyl (C=O) groups excluding carboxylic acids is 11. The molecule has 11 amide bonds. The Kier molecular flexibility index (Phi) is 30.2. The first kappa shape index (κ1) is 72.1. The van der Waals surface area contributed by atoms with Crippen molar-refractivity contribution in [2.75, 3.05) is 23.5 Å². The van der Waals surface area contributed by atoms with Gasteiger partial charge in [-0.3, -0.25) is 57.5 Å². The van der Waals surface area contributed by atoms with Crippen molar-refractivity contribution < 1.29 is 82.8 Å². The number of benzene rings is 2. The topological polar surface area (TPSA) is 519 Å². The molecule has 3 rings (SSSR count). The summed E-state index contributed by atoms with van der Waals surface area (Å²) < 4.78 is 0. The van der Waals surface area contributed by atoms with E-state index in [-0.39, 0.29) is 54.6 Å². The minimum absolute atomic E-state index is 0.0180. The Morgan fingerprint density at radius 1 is 0.570 bits per heavy atom. The van der Waals surface area contributed by atoms with Crippen LogP contribution in [0.2, 0.25) is 0 Å². The number of hydrogen-bond acceptors (Lipinski definition) is 19. The first-order valence-electron chi connectivity index (χ1n) is 26.7. The molecule has 0 aliphatic heterocycles. The van der Waals surface area contributed by atoms with E-state index in [1.165, 1.54) is 42.2 Å². The number of para-hydroxylation sites is 1. The summed E-state index contributed by atoms with van der Waals surface area (Å²) in [5, 5.41) is 59.3. The summed E-state index contributed by atoms with van der Waals surface area (Å²) in [7, 11) is 1.92. The highest BCUT2D eigenvalue weighted by atomic mass is 33.1. The van der Waals surface area contributed by atoms with Gasteiger partial charge in [-0.1, -0.05) is 65.8 Å². The fourth-order valence-electron chi connectivity index (χ4n) is 8.23. The number of aliphatic hydroxyl groups is 1. The number of hydrogen-bond donors (Lipinski definition) is 17. The summed E-state index contributed by atoms with van der Waals surface area (Å²) in [5.74, 6) is -14.9. The second-order valence-electron chi connectivity index (χ2n) is 20.2. The number of amides is 11. The van der Waals surface area contributed by atoms with Gasteiger partial charge in [0, 0.05) is 42.1 Å². The van der Waals surface area contributed by atoms with Crippen molar-refractivity contribution >= 4 is 121 Å². The molecule has 0 aliphatic carbocycles. The van der Waals surface area contributed by atoms with Gasteiger partial charge in [0.05, 0.1) is 25.0 Å². The number of fused-ring (bicyclic) bond motifs is 1. The Morgan fingerprint density at radius 2 is 1.06 bits per heavy atom. The number of phenols is 1. The Bertz CT molecular complexity index is 2900. The van der Waals surface area contributed by atoms with Crippen LogP contribution in [-0.4, -0.2) is 186 Å². The number of nitrogens with one attached hydrogen (secondary N) is 9. The van der Waals surface area contributed by atoms with Crippen LogP contribution in [0.3, 0.4) is 0 Å². The van der Waals surface area contributed by atoms with Crippen molar-refractivity contribution in [3.63, 3.8) is 0 Å². The average molecular weight is 1260 g/mol. The van der Waals surface area contributed by atoms with Crippen molar-refractivity contribution in [1.29, 1.82) is 0 Å². The largest absolute Gasteiger partial charge is 0.508 e. The third kappa shape index (κ3) is 25.2. The molecule has 0 saturated carbocycles. The molecular weight excluding hydrogens is 1190 g/mol. The van der Waals surface area contributed by atoms with Crippen molar-refractivity contribution in [3.8, 4) is 5.75 Å². The van der Waals surface area contributed by atoms with Gasteiger partial charge in [0.15, 0.2) is 0 Å². The minimum atomic E-state index is -1.95. The molecule has 21 N–H and O–H groups in total. The van der Waals surface area contributed by atoms with Gasteiger partial charge in [0.25, 0.3) is 0 Å². The summed E-state index contributed by atoms with van der Waals surface area (Å²) in [5.41, 5.74) is 23.8. The Balaban J connectivity index is 1.98. The van der Waals surface area contributed by atoms with Crippen molar-refractivity contribution in [2.45, 2.75) is 133 Å². The second kappa shape index (κ2) is 36.0. The highest BCUT2D eigenvalue weighted by Gasteiger charge is 2.37. The quantitative estimate of drug-likeness (QED) is 0.0196. The smallest absolute Gasteiger partial charge is 0.326 e. The van der Waals surface area contributed by atoms with Crippen LogP contribution < -0.4 is 65.5 Å². The molecule has 33 heteroatoms. The standard InChI is InChI=1S/C53H75N13O17S3/c1-25(2)17-39(53(82)83)65-50(79)38(21-42(57)71)62-47(76)34(15-16-84-4)60-46(75)33(13-14-40(55)69)59-49(78)37(20-41(56)70)63-48(77)36(19-28-22-58-32-8-6-5-7-30(28)32)64-52(81)44(26(3)67)66-51(80)35(18-27-9-11-29(68)12-10-27)61-45(74)31(54)23-85-86-24-43(72)73/h5-12,22,25-26,31,33-39,44,58,67-68H,13-21,23-24,54H2,1-4H3,(H2,55,69)(H2,56,70)(H2,57,71)(H,59,78)(H,60,75)(H,61,74)(H,62,76)(H,63,77)(H,64,81)(H,65,79)(H,66,80)(H,72,73)(H,82,83)/t26-,31?,33+,34?,35+,36+,37?,38+,39?,44+/m1/s1. The van der Waals surface area contributed by atoms with Gasteiger partial charge in [-0.2, -0.15) is 11.8 Å². The number of thioether (sulfide) groups is 1. The number of aromatic nitrogens is 1. The number of carboxylic acid groups (broad SMARTS) is 2. The van der Waals surface area contributed by atoms with Crippen LogP contribution in [-0.2, 0) is 75.2 Å². The van der Waals surface area contributed by atoms with Gasteiger partial charge in [-0.05, 0) is 73.4 Å². The maximum absolute atomic E-state index is 14.6. The summed E-state index contributed by atoms with van der Waals surface area (Å²) in [4.78, 5) is 175. The number of phenolic OH excluding ortho intramolecular Hbond substituents is 1. The van der Waals surface area contributed by atoms with E-state index in [0.29, 0.717) is 22.0 Å². The summed E-state index contributed by atoms with van der Waals surface area (Å²) >= 11 is 1.23. The number of nitrogens with two attached hydrogens (primary N) is 4. The van der Waals surface area contributed by atoms with E-state index in [9.17, 15) is 77.6 Å². The maximum Gasteiger partial charge on any atom is 0.326 e. The van der Waals surface area contributed by atoms with E-state index in [4.69, 9.17) is 28.0 Å². The number of aliphatic carboxylic acids is 2. The Morgan fingerprint density at radius 3 is 1.58 bits per heavy atom. The number of carbonyl (C=O) groups is 13. The van der Waals surface area contributed by atoms with Crippen molar-refractivity contribution in [1.82, 2.24) is 47.5 Å². The van der Waals surface area contributed by atoms with Crippen LogP contribution in [0, 0.1) is 5.92 Å². The Labute approximate surface area is 505 Å². The van der Waals surface area contributed by atoms with E-state index in [0.717, 1.165) is 28.5 Å². The lowest BCUT2D eigenvalue weighted by molar-refractivity contribution is -0.143. The predicted octanol–water partition coefficient (Wildman–Crippen LogP) is -3.39. The molecule has 0 aliphatic rings. The molecule has 0 fully saturated rings. The molecule has 3 aromatic rings. The van der Waals surface area contributed by atoms with Gasteiger partial charge in [0.2, 0.25) is 65.0 Å². The van der Waals surface area contributed by atoms with Gasteiger partial charge >= 0.3 is 11.9 Å². The molecule has 0 radical (unpaired) electrons. The highest BCUT2D eigenvalue weighted by Crippen LogP contribution is 2.22. The molecule has 0 spiro atoms. The molecule has 30 nitrogen and oxygen atoms in total. The van der Waals surface area contributed by atoms with Gasteiger partial charge in [-0.15, -0.1) is 0 Å². The number of carboxylic acids is 2. The molecule has 1 heterocycles. The van der Waals surface area contributed by atoms with Crippen LogP contribution in [0.1, 0.15) is 70.4 Å². The zero-order chi connectivity index (χ0) is 64.4. The SMILES string of the molecule is CSCCC(NC(=O)[C@H](CCC(N)=O)NC(=O)C(CC(N)=O)NC(=O)[C@H](Cc1c[nH]c2ccccc12)NC(=O)[C@@H](NC(=O)[C@H](Cc1ccc(O)cc1)NC(=O)C(N)CSSCC(=O)O)[C@@H](C)O)C(=O)N[C@@H](CC(N)=O)C(=O)NC(CC(C)C)C(=O)O. The van der Waals surface area contributed by atoms with Crippen molar-refractivity contribution in [3.05, 3.63) is 65.9 Å². The molecular formula is C53H75N13O17S3. The zero-order valence-corrected chi connectivity index (χ0v) is 49.9. The van der Waals surface area contributed by atoms with E-state index < -0.39 is 163 Å². The third-order valence-electron chi connectivity index (χ3n) is 12.6. The average Bonchev–Trinajstić information content (AvgIpc) is 3.14. The fraction of sp³-hybridized carbons (Fsp3) is 0.491. The van der Waals surface area contributed by atoms with Crippen LogP contribution >= 0.6 is 33.3 Å². The highest BCUT2D eigenvalue weighted by molar-refractivity contribution is 8.76. The van der Waals surface area contributed by atoms with Gasteiger partial charge in [0.1, 0.15) is 59.8 Å². The minimum Gasteiger partial charge on any atom is -0.508 e. The second-order valence-corrected chi connectivity index (χ2v) is 23.7. The number of aromatic amines is 1. The predicted molar refractivity (Wildman–Crippen MR) is 318 cm³/mol. The maximum atomic E-state index is 14.6. The fourth-order valence-corrected chi connectivity index (χ4v) is 10.6. The van der Waals surface area contributed by atoms with Gasteiger partial charge in [-0.25, -0.2) is 4.79 Å². The summed E-state index contributed by atoms with van der Waals surface area (Å²) in [6.07, 6.45) is -2.12. The monoisotopic (exact) mass is 1260 g/mol. The number of primary amides is 3. The van der Waals surface area contributed by atoms with Crippen molar-refractivity contribution in [2.24, 2.45) is 28.9 Å². The van der Waals surface area contributed by atoms with Crippen LogP contribution in [0.15, 0.2) is 54.7 Å². The van der Waals surface area contributed by atoms with E-state index in [2.05, 4.69) is 47.5 Å². The lowest BCUT2D eigenvalue weighted by atomic mass is 10.0. The molecule has 4 unspecified atom stereocenters. The van der Waals surface area contributed by atoms with Crippen LogP contribution in [0.4, 0.5) is 0 Å². The molecule has 0 saturated heterocycles.